The van der Waals surface area contributed by atoms with Crippen molar-refractivity contribution in [1.82, 2.24) is 5.43 Å². The van der Waals surface area contributed by atoms with Crippen LogP contribution in [0.15, 0.2) is 0 Å². The van der Waals surface area contributed by atoms with Gasteiger partial charge < -0.3 is 0 Å². The van der Waals surface area contributed by atoms with Gasteiger partial charge in [0.15, 0.2) is 0 Å². The van der Waals surface area contributed by atoms with Gasteiger partial charge in [-0.3, -0.25) is 11.3 Å². The molecular weight excluding hydrogens is 136 g/mol. The molecule has 0 aliphatic heterocycles. The van der Waals surface area contributed by atoms with Gasteiger partial charge in [0, 0.05) is 6.04 Å². The molecule has 1 saturated carbocycles. The van der Waals surface area contributed by atoms with Crippen LogP contribution in [0, 0.1) is 11.3 Å². The summed E-state index contributed by atoms with van der Waals surface area (Å²) in [7, 11) is 0. The Bertz CT molecular complexity index is 132. The normalized spacial score (nSPS) is 37.1. The van der Waals surface area contributed by atoms with Gasteiger partial charge in [0.05, 0.1) is 0 Å². The van der Waals surface area contributed by atoms with Crippen molar-refractivity contribution in [2.24, 2.45) is 17.2 Å². The van der Waals surface area contributed by atoms with Crippen molar-refractivity contribution in [3.8, 4) is 0 Å². The molecule has 0 spiro atoms. The molecule has 66 valence electrons. The summed E-state index contributed by atoms with van der Waals surface area (Å²) in [6.07, 6.45) is 3.97. The molecule has 0 unspecified atom stereocenters. The minimum Gasteiger partial charge on any atom is -0.271 e. The van der Waals surface area contributed by atoms with Gasteiger partial charge in [-0.2, -0.15) is 0 Å². The molecule has 2 heteroatoms. The Morgan fingerprint density at radius 1 is 1.45 bits per heavy atom. The van der Waals surface area contributed by atoms with E-state index >= 15 is 0 Å². The highest BCUT2D eigenvalue weighted by atomic mass is 15.2. The van der Waals surface area contributed by atoms with Crippen molar-refractivity contribution in [3.63, 3.8) is 0 Å². The van der Waals surface area contributed by atoms with E-state index in [1.165, 1.54) is 19.3 Å². The number of hydrogen-bond acceptors (Lipinski definition) is 2. The van der Waals surface area contributed by atoms with Crippen molar-refractivity contribution >= 4 is 0 Å². The second kappa shape index (κ2) is 3.11. The molecule has 11 heavy (non-hydrogen) atoms. The van der Waals surface area contributed by atoms with Gasteiger partial charge >= 0.3 is 0 Å². The first-order valence-electron chi connectivity index (χ1n) is 4.54. The van der Waals surface area contributed by atoms with Gasteiger partial charge in [-0.25, -0.2) is 0 Å². The van der Waals surface area contributed by atoms with E-state index in [-0.39, 0.29) is 0 Å². The molecule has 3 N–H and O–H groups in total. The predicted octanol–water partition coefficient (Wildman–Crippen LogP) is 1.66. The van der Waals surface area contributed by atoms with E-state index in [0.29, 0.717) is 11.5 Å². The molecule has 0 bridgehead atoms. The quantitative estimate of drug-likeness (QED) is 0.447. The molecule has 0 aromatic rings. The largest absolute Gasteiger partial charge is 0.271 e. The highest BCUT2D eigenvalue weighted by molar-refractivity contribution is 4.90. The summed E-state index contributed by atoms with van der Waals surface area (Å²) in [4.78, 5) is 0. The van der Waals surface area contributed by atoms with E-state index < -0.39 is 0 Å². The highest BCUT2D eigenvalue weighted by Crippen LogP contribution is 2.38. The molecule has 0 aromatic heterocycles. The van der Waals surface area contributed by atoms with Crippen LogP contribution in [0.4, 0.5) is 0 Å². The fourth-order valence-corrected chi connectivity index (χ4v) is 2.36. The minimum absolute atomic E-state index is 0.381. The third-order valence-electron chi connectivity index (χ3n) is 3.07. The average Bonchev–Trinajstić information content (AvgIpc) is 1.86. The summed E-state index contributed by atoms with van der Waals surface area (Å²) in [6, 6.07) is 0.497. The maximum Gasteiger partial charge on any atom is 0.0287 e. The zero-order valence-electron chi connectivity index (χ0n) is 7.85. The molecule has 1 fully saturated rings. The second-order valence-corrected chi connectivity index (χ2v) is 4.50. The Morgan fingerprint density at radius 3 is 2.45 bits per heavy atom. The fraction of sp³-hybridized carbons (Fsp3) is 1.00. The van der Waals surface area contributed by atoms with E-state index in [2.05, 4.69) is 26.2 Å². The number of nitrogens with two attached hydrogens (primary N) is 1. The van der Waals surface area contributed by atoms with Gasteiger partial charge in [0.2, 0.25) is 0 Å². The molecule has 1 aliphatic carbocycles. The van der Waals surface area contributed by atoms with E-state index in [1.807, 2.05) is 0 Å². The molecule has 0 aromatic carbocycles. The molecule has 2 atom stereocenters. The molecule has 1 rings (SSSR count). The Hall–Kier alpha value is -0.0800. The lowest BCUT2D eigenvalue weighted by atomic mass is 9.69. The lowest BCUT2D eigenvalue weighted by Gasteiger charge is -2.42. The van der Waals surface area contributed by atoms with Crippen LogP contribution in [0.1, 0.15) is 40.0 Å². The molecule has 0 heterocycles. The van der Waals surface area contributed by atoms with E-state index in [1.54, 1.807) is 0 Å². The van der Waals surface area contributed by atoms with E-state index in [4.69, 9.17) is 5.84 Å². The van der Waals surface area contributed by atoms with Crippen LogP contribution < -0.4 is 11.3 Å². The van der Waals surface area contributed by atoms with Crippen LogP contribution >= 0.6 is 0 Å². The SMILES string of the molecule is C[C@@H]1CCCC(C)(C)[C@@H]1NN. The molecule has 0 amide bonds. The lowest BCUT2D eigenvalue weighted by Crippen LogP contribution is -2.51. The van der Waals surface area contributed by atoms with E-state index in [0.717, 1.165) is 5.92 Å². The second-order valence-electron chi connectivity index (χ2n) is 4.50. The summed E-state index contributed by atoms with van der Waals surface area (Å²) in [5.41, 5.74) is 3.33. The van der Waals surface area contributed by atoms with Crippen LogP contribution in [0.25, 0.3) is 0 Å². The zero-order valence-corrected chi connectivity index (χ0v) is 7.85. The first-order chi connectivity index (χ1) is 5.08. The number of rotatable bonds is 1. The van der Waals surface area contributed by atoms with Crippen LogP contribution in [0.3, 0.4) is 0 Å². The molecule has 0 saturated heterocycles. The third kappa shape index (κ3) is 1.74. The Kier molecular flexibility index (Phi) is 2.55. The maximum absolute atomic E-state index is 5.52. The number of nitrogens with one attached hydrogen (secondary N) is 1. The maximum atomic E-state index is 5.52. The van der Waals surface area contributed by atoms with Crippen molar-refractivity contribution < 1.29 is 0 Å². The Balaban J connectivity index is 2.64. The fourth-order valence-electron chi connectivity index (χ4n) is 2.36. The van der Waals surface area contributed by atoms with Crippen molar-refractivity contribution in [2.75, 3.05) is 0 Å². The Morgan fingerprint density at radius 2 is 2.09 bits per heavy atom. The topological polar surface area (TPSA) is 38.0 Å². The van der Waals surface area contributed by atoms with Gasteiger partial charge in [0.1, 0.15) is 0 Å². The lowest BCUT2D eigenvalue weighted by molar-refractivity contribution is 0.118. The average molecular weight is 156 g/mol. The van der Waals surface area contributed by atoms with Gasteiger partial charge in [0.25, 0.3) is 0 Å². The van der Waals surface area contributed by atoms with Gasteiger partial charge in [-0.1, -0.05) is 27.2 Å². The highest BCUT2D eigenvalue weighted by Gasteiger charge is 2.35. The summed E-state index contributed by atoms with van der Waals surface area (Å²) in [6.45, 7) is 6.88. The third-order valence-corrected chi connectivity index (χ3v) is 3.07. The summed E-state index contributed by atoms with van der Waals surface area (Å²) in [5.74, 6) is 6.24. The zero-order chi connectivity index (χ0) is 8.48. The number of hydrazine groups is 1. The van der Waals surface area contributed by atoms with Crippen LogP contribution in [-0.2, 0) is 0 Å². The first-order valence-corrected chi connectivity index (χ1v) is 4.54. The standard InChI is InChI=1S/C9H20N2/c1-7-5-4-6-9(2,3)8(7)11-10/h7-8,11H,4-6,10H2,1-3H3/t7-,8-/m1/s1. The van der Waals surface area contributed by atoms with Crippen LogP contribution in [0.5, 0.6) is 0 Å². The monoisotopic (exact) mass is 156 g/mol. The predicted molar refractivity (Wildman–Crippen MR) is 47.9 cm³/mol. The number of hydrogen-bond donors (Lipinski definition) is 2. The minimum atomic E-state index is 0.381. The summed E-state index contributed by atoms with van der Waals surface area (Å²) >= 11 is 0. The van der Waals surface area contributed by atoms with E-state index in [9.17, 15) is 0 Å². The Labute approximate surface area is 69.5 Å². The smallest absolute Gasteiger partial charge is 0.0287 e. The molecule has 0 radical (unpaired) electrons. The molecular formula is C9H20N2. The van der Waals surface area contributed by atoms with Crippen LogP contribution in [0.2, 0.25) is 0 Å². The molecule has 2 nitrogen and oxygen atoms in total. The first kappa shape index (κ1) is 9.01. The summed E-state index contributed by atoms with van der Waals surface area (Å²) in [5, 5.41) is 0. The van der Waals surface area contributed by atoms with Gasteiger partial charge in [-0.15, -0.1) is 0 Å². The van der Waals surface area contributed by atoms with Gasteiger partial charge in [-0.05, 0) is 24.2 Å². The van der Waals surface area contributed by atoms with Crippen molar-refractivity contribution in [2.45, 2.75) is 46.1 Å². The van der Waals surface area contributed by atoms with Crippen LogP contribution in [-0.4, -0.2) is 6.04 Å². The van der Waals surface area contributed by atoms with Crippen molar-refractivity contribution in [3.05, 3.63) is 0 Å². The summed E-state index contributed by atoms with van der Waals surface area (Å²) < 4.78 is 0. The van der Waals surface area contributed by atoms with Crippen molar-refractivity contribution in [1.29, 1.82) is 0 Å². The molecule has 1 aliphatic rings.